The zero-order chi connectivity index (χ0) is 25.5. The Morgan fingerprint density at radius 3 is 1.79 bits per heavy atom. The molecule has 4 bridgehead atoms. The molecule has 4 aliphatic carbocycles. The molecule has 0 aromatic carbocycles. The van der Waals surface area contributed by atoms with E-state index in [1.807, 2.05) is 0 Å². The maximum atomic E-state index is 13.8. The van der Waals surface area contributed by atoms with Crippen LogP contribution in [-0.4, -0.2) is 58.1 Å². The molecular weight excluding hydrogens is 472 g/mol. The van der Waals surface area contributed by atoms with Crippen LogP contribution in [0.15, 0.2) is 0 Å². The zero-order valence-electron chi connectivity index (χ0n) is 19.1. The summed E-state index contributed by atoms with van der Waals surface area (Å²) in [5.74, 6) is -6.08. The Labute approximate surface area is 190 Å². The number of aliphatic hydroxyl groups is 2. The number of carbonyl (C=O) groups is 1. The van der Waals surface area contributed by atoms with Gasteiger partial charge in [-0.05, 0) is 72.1 Å². The van der Waals surface area contributed by atoms with Crippen molar-refractivity contribution in [2.75, 3.05) is 6.61 Å². The molecule has 0 saturated heterocycles. The highest BCUT2D eigenvalue weighted by Gasteiger charge is 2.72. The molecule has 0 aromatic heterocycles. The Balaban J connectivity index is 1.85. The minimum atomic E-state index is -6.38. The monoisotopic (exact) mass is 504 g/mol. The first-order chi connectivity index (χ1) is 14.5. The van der Waals surface area contributed by atoms with Gasteiger partial charge in [0.15, 0.2) is 0 Å². The Morgan fingerprint density at radius 2 is 1.39 bits per heavy atom. The van der Waals surface area contributed by atoms with Crippen molar-refractivity contribution in [3.05, 3.63) is 0 Å². The third-order valence-electron chi connectivity index (χ3n) is 8.50. The van der Waals surface area contributed by atoms with Gasteiger partial charge in [-0.3, -0.25) is 9.35 Å². The Hall–Kier alpha value is -0.980. The molecule has 0 aromatic rings. The molecule has 0 spiro atoms. The van der Waals surface area contributed by atoms with Crippen LogP contribution in [0.4, 0.5) is 17.6 Å². The summed E-state index contributed by atoms with van der Waals surface area (Å²) in [6, 6.07) is 0. The van der Waals surface area contributed by atoms with Gasteiger partial charge in [-0.25, -0.2) is 0 Å². The van der Waals surface area contributed by atoms with E-state index < -0.39 is 67.7 Å². The molecule has 4 aliphatic rings. The molecule has 0 amide bonds. The van der Waals surface area contributed by atoms with Gasteiger partial charge in [-0.15, -0.1) is 0 Å². The van der Waals surface area contributed by atoms with Gasteiger partial charge in [0.1, 0.15) is 0 Å². The number of halogens is 4. The van der Waals surface area contributed by atoms with Crippen molar-refractivity contribution < 1.29 is 50.3 Å². The molecule has 0 heterocycles. The van der Waals surface area contributed by atoms with Gasteiger partial charge in [0.25, 0.3) is 0 Å². The highest BCUT2D eigenvalue weighted by Crippen LogP contribution is 2.74. The molecule has 192 valence electrons. The van der Waals surface area contributed by atoms with Gasteiger partial charge in [0.05, 0.1) is 29.6 Å². The fourth-order valence-electron chi connectivity index (χ4n) is 6.79. The molecule has 4 saturated carbocycles. The van der Waals surface area contributed by atoms with E-state index in [2.05, 4.69) is 0 Å². The van der Waals surface area contributed by atoms with Gasteiger partial charge in [-0.2, -0.15) is 26.0 Å². The fraction of sp³-hybridized carbons (Fsp3) is 0.952. The number of alkyl halides is 4. The number of hydrogen-bond donors (Lipinski definition) is 3. The first kappa shape index (κ1) is 26.6. The second kappa shape index (κ2) is 7.27. The lowest BCUT2D eigenvalue weighted by molar-refractivity contribution is -0.264. The van der Waals surface area contributed by atoms with Crippen LogP contribution in [0.2, 0.25) is 0 Å². The Bertz CT molecular complexity index is 890. The average molecular weight is 505 g/mol. The number of ether oxygens (including phenoxy) is 1. The van der Waals surface area contributed by atoms with Crippen molar-refractivity contribution in [1.29, 1.82) is 0 Å². The van der Waals surface area contributed by atoms with Crippen LogP contribution in [0.3, 0.4) is 0 Å². The molecule has 3 N–H and O–H groups in total. The van der Waals surface area contributed by atoms with E-state index in [-0.39, 0.29) is 18.8 Å². The summed E-state index contributed by atoms with van der Waals surface area (Å²) in [6.07, 6.45) is 0.682. The molecule has 33 heavy (non-hydrogen) atoms. The average Bonchev–Trinajstić information content (AvgIpc) is 2.57. The summed E-state index contributed by atoms with van der Waals surface area (Å²) in [4.78, 5) is 13.2. The molecule has 12 heteroatoms. The summed E-state index contributed by atoms with van der Waals surface area (Å²) in [5, 5.41) is 16.3. The highest BCUT2D eigenvalue weighted by molar-refractivity contribution is 7.87. The highest BCUT2D eigenvalue weighted by atomic mass is 32.2. The third-order valence-corrected chi connectivity index (χ3v) is 9.44. The van der Waals surface area contributed by atoms with Crippen molar-refractivity contribution in [1.82, 2.24) is 0 Å². The van der Waals surface area contributed by atoms with Crippen molar-refractivity contribution in [2.45, 2.75) is 95.0 Å². The minimum absolute atomic E-state index is 0.0306. The van der Waals surface area contributed by atoms with Crippen LogP contribution in [0.25, 0.3) is 0 Å². The van der Waals surface area contributed by atoms with Crippen LogP contribution in [0.1, 0.15) is 72.6 Å². The largest absolute Gasteiger partial charge is 0.465 e. The van der Waals surface area contributed by atoms with Gasteiger partial charge in [0.2, 0.25) is 0 Å². The van der Waals surface area contributed by atoms with E-state index in [4.69, 9.17) is 9.29 Å². The molecule has 4 fully saturated rings. The standard InChI is InChI=1S/C21H32F4O7S/c1-15(2,27)18-8-13-7-17(10-18,11-19(9-13,12-18)16(3,4)28)14(26)32-6-5-20(22,23)21(24,25)33(29,30)31/h13,27-28H,5-12H2,1-4H3,(H,29,30,31). The second-order valence-electron chi connectivity index (χ2n) is 11.5. The summed E-state index contributed by atoms with van der Waals surface area (Å²) < 4.78 is 89.2. The lowest BCUT2D eigenvalue weighted by Crippen LogP contribution is -2.68. The van der Waals surface area contributed by atoms with E-state index in [0.717, 1.165) is 0 Å². The van der Waals surface area contributed by atoms with E-state index in [1.54, 1.807) is 27.7 Å². The lowest BCUT2D eigenvalue weighted by atomic mass is 9.35. The van der Waals surface area contributed by atoms with Crippen LogP contribution >= 0.6 is 0 Å². The smallest absolute Gasteiger partial charge is 0.431 e. The van der Waals surface area contributed by atoms with Gasteiger partial charge >= 0.3 is 27.3 Å². The van der Waals surface area contributed by atoms with Crippen molar-refractivity contribution >= 4 is 16.1 Å². The first-order valence-corrected chi connectivity index (χ1v) is 12.3. The van der Waals surface area contributed by atoms with Crippen LogP contribution in [-0.2, 0) is 19.6 Å². The van der Waals surface area contributed by atoms with E-state index >= 15 is 0 Å². The Morgan fingerprint density at radius 1 is 0.939 bits per heavy atom. The predicted molar refractivity (Wildman–Crippen MR) is 108 cm³/mol. The molecule has 4 rings (SSSR count). The zero-order valence-corrected chi connectivity index (χ0v) is 19.9. The normalized spacial score (nSPS) is 35.1. The maximum absolute atomic E-state index is 13.8. The lowest BCUT2D eigenvalue weighted by Gasteiger charge is -2.70. The number of carbonyl (C=O) groups excluding carboxylic acids is 1. The molecule has 7 nitrogen and oxygen atoms in total. The maximum Gasteiger partial charge on any atom is 0.431 e. The van der Waals surface area contributed by atoms with Gasteiger partial charge in [-0.1, -0.05) is 0 Å². The third kappa shape index (κ3) is 3.98. The first-order valence-electron chi connectivity index (χ1n) is 10.9. The summed E-state index contributed by atoms with van der Waals surface area (Å²) in [7, 11) is -6.38. The molecule has 0 radical (unpaired) electrons. The van der Waals surface area contributed by atoms with E-state index in [9.17, 15) is 41.0 Å². The summed E-state index contributed by atoms with van der Waals surface area (Å²) in [5.41, 5.74) is -5.07. The van der Waals surface area contributed by atoms with Gasteiger partial charge in [0, 0.05) is 10.8 Å². The molecule has 0 aliphatic heterocycles. The minimum Gasteiger partial charge on any atom is -0.465 e. The quantitative estimate of drug-likeness (QED) is 0.263. The van der Waals surface area contributed by atoms with Crippen molar-refractivity contribution in [3.8, 4) is 0 Å². The number of esters is 1. The molecule has 2 atom stereocenters. The fourth-order valence-corrected chi connectivity index (χ4v) is 7.27. The van der Waals surface area contributed by atoms with Crippen molar-refractivity contribution in [2.24, 2.45) is 22.2 Å². The predicted octanol–water partition coefficient (Wildman–Crippen LogP) is 3.53. The van der Waals surface area contributed by atoms with Crippen LogP contribution < -0.4 is 0 Å². The van der Waals surface area contributed by atoms with E-state index in [1.165, 1.54) is 0 Å². The summed E-state index contributed by atoms with van der Waals surface area (Å²) >= 11 is 0. The molecular formula is C21H32F4O7S. The summed E-state index contributed by atoms with van der Waals surface area (Å²) in [6.45, 7) is 5.35. The van der Waals surface area contributed by atoms with Crippen LogP contribution in [0, 0.1) is 22.2 Å². The second-order valence-corrected chi connectivity index (χ2v) is 13.0. The number of rotatable bonds is 8. The van der Waals surface area contributed by atoms with Crippen LogP contribution in [0.5, 0.6) is 0 Å². The number of hydrogen-bond acceptors (Lipinski definition) is 6. The van der Waals surface area contributed by atoms with E-state index in [0.29, 0.717) is 25.7 Å². The topological polar surface area (TPSA) is 121 Å². The van der Waals surface area contributed by atoms with Crippen molar-refractivity contribution in [3.63, 3.8) is 0 Å². The van der Waals surface area contributed by atoms with Gasteiger partial charge < -0.3 is 14.9 Å². The Kier molecular flexibility index (Phi) is 5.86. The molecule has 2 unspecified atom stereocenters. The SMILES string of the molecule is CC(C)(O)C12CC3CC(C(=O)OCCC(F)(F)C(F)(F)S(=O)(=O)O)(C1)CC(C(C)(C)O)(C3)C2.